The van der Waals surface area contributed by atoms with Gasteiger partial charge in [-0.15, -0.1) is 6.42 Å². The van der Waals surface area contributed by atoms with Crippen molar-refractivity contribution in [3.05, 3.63) is 65.2 Å². The predicted molar refractivity (Wildman–Crippen MR) is 73.1 cm³/mol. The Morgan fingerprint density at radius 3 is 2.35 bits per heavy atom. The van der Waals surface area contributed by atoms with Gasteiger partial charge < -0.3 is 5.32 Å². The van der Waals surface area contributed by atoms with Gasteiger partial charge in [0, 0.05) is 17.8 Å². The zero-order valence-corrected chi connectivity index (χ0v) is 10.5. The van der Waals surface area contributed by atoms with E-state index in [0.717, 1.165) is 28.9 Å². The molecular weight excluding hydrogens is 263 g/mol. The topological polar surface area (TPSA) is 12.0 Å². The molecule has 1 N–H and O–H groups in total. The van der Waals surface area contributed by atoms with E-state index >= 15 is 0 Å². The minimum Gasteiger partial charge on any atom is -0.381 e. The number of rotatable bonds is 3. The molecule has 20 heavy (non-hydrogen) atoms. The van der Waals surface area contributed by atoms with Crippen molar-refractivity contribution in [1.29, 1.82) is 0 Å². The third-order valence-electron chi connectivity index (χ3n) is 2.81. The van der Waals surface area contributed by atoms with E-state index in [1.807, 2.05) is 24.3 Å². The van der Waals surface area contributed by atoms with Crippen molar-refractivity contribution >= 4 is 5.69 Å². The lowest BCUT2D eigenvalue weighted by molar-refractivity contribution is -0.137. The zero-order chi connectivity index (χ0) is 14.6. The average molecular weight is 275 g/mol. The molecule has 0 aliphatic rings. The van der Waals surface area contributed by atoms with Crippen molar-refractivity contribution in [1.82, 2.24) is 0 Å². The number of terminal acetylenes is 1. The van der Waals surface area contributed by atoms with E-state index in [0.29, 0.717) is 6.54 Å². The molecule has 0 atom stereocenters. The lowest BCUT2D eigenvalue weighted by atomic mass is 10.1. The summed E-state index contributed by atoms with van der Waals surface area (Å²) < 4.78 is 37.3. The summed E-state index contributed by atoms with van der Waals surface area (Å²) in [5.41, 5.74) is 1.71. The predicted octanol–water partition coefficient (Wildman–Crippen LogP) is 4.30. The number of hydrogen-bond donors (Lipinski definition) is 1. The number of alkyl halides is 3. The Labute approximate surface area is 115 Å². The molecule has 0 unspecified atom stereocenters. The van der Waals surface area contributed by atoms with E-state index in [1.165, 1.54) is 12.1 Å². The normalized spacial score (nSPS) is 10.9. The lowest BCUT2D eigenvalue weighted by Gasteiger charge is -2.09. The number of anilines is 1. The first-order valence-electron chi connectivity index (χ1n) is 5.96. The van der Waals surface area contributed by atoms with Crippen molar-refractivity contribution in [2.24, 2.45) is 0 Å². The molecule has 0 bridgehead atoms. The van der Waals surface area contributed by atoms with E-state index in [1.54, 1.807) is 0 Å². The van der Waals surface area contributed by atoms with Crippen LogP contribution in [0.2, 0.25) is 0 Å². The molecule has 0 fully saturated rings. The van der Waals surface area contributed by atoms with Crippen LogP contribution < -0.4 is 5.32 Å². The fraction of sp³-hybridized carbons (Fsp3) is 0.125. The van der Waals surface area contributed by atoms with Gasteiger partial charge in [0.25, 0.3) is 0 Å². The number of hydrogen-bond acceptors (Lipinski definition) is 1. The quantitative estimate of drug-likeness (QED) is 0.823. The second-order valence-electron chi connectivity index (χ2n) is 4.27. The summed E-state index contributed by atoms with van der Waals surface area (Å²) in [4.78, 5) is 0. The Hall–Kier alpha value is -2.41. The molecule has 0 saturated carbocycles. The smallest absolute Gasteiger partial charge is 0.381 e. The van der Waals surface area contributed by atoms with Crippen LogP contribution in [0, 0.1) is 12.3 Å². The van der Waals surface area contributed by atoms with Crippen LogP contribution in [0.3, 0.4) is 0 Å². The van der Waals surface area contributed by atoms with Crippen molar-refractivity contribution in [3.8, 4) is 12.3 Å². The fourth-order valence-electron chi connectivity index (χ4n) is 1.73. The fourth-order valence-corrected chi connectivity index (χ4v) is 1.73. The maximum atomic E-state index is 12.4. The molecule has 2 rings (SSSR count). The van der Waals surface area contributed by atoms with Gasteiger partial charge >= 0.3 is 6.18 Å². The van der Waals surface area contributed by atoms with Gasteiger partial charge in [-0.2, -0.15) is 13.2 Å². The maximum Gasteiger partial charge on any atom is 0.416 e. The summed E-state index contributed by atoms with van der Waals surface area (Å²) in [6.45, 7) is 0.437. The van der Waals surface area contributed by atoms with Crippen LogP contribution in [0.15, 0.2) is 48.5 Å². The molecule has 0 aromatic heterocycles. The van der Waals surface area contributed by atoms with Crippen LogP contribution >= 0.6 is 0 Å². The molecule has 0 spiro atoms. The molecule has 0 heterocycles. The summed E-state index contributed by atoms with van der Waals surface area (Å²) in [5.74, 6) is 2.52. The largest absolute Gasteiger partial charge is 0.416 e. The molecule has 4 heteroatoms. The summed E-state index contributed by atoms with van der Waals surface area (Å²) >= 11 is 0. The van der Waals surface area contributed by atoms with Crippen molar-refractivity contribution in [3.63, 3.8) is 0 Å². The van der Waals surface area contributed by atoms with E-state index in [-0.39, 0.29) is 0 Å². The van der Waals surface area contributed by atoms with Crippen molar-refractivity contribution in [2.45, 2.75) is 12.7 Å². The van der Waals surface area contributed by atoms with Gasteiger partial charge in [-0.1, -0.05) is 24.1 Å². The Morgan fingerprint density at radius 1 is 1.05 bits per heavy atom. The molecule has 0 amide bonds. The second-order valence-corrected chi connectivity index (χ2v) is 4.27. The molecule has 2 aromatic rings. The molecule has 102 valence electrons. The Balaban J connectivity index is 2.02. The van der Waals surface area contributed by atoms with Crippen LogP contribution in [-0.4, -0.2) is 0 Å². The van der Waals surface area contributed by atoms with Gasteiger partial charge in [-0.05, 0) is 35.9 Å². The third kappa shape index (κ3) is 3.55. The van der Waals surface area contributed by atoms with E-state index < -0.39 is 11.7 Å². The van der Waals surface area contributed by atoms with Gasteiger partial charge in [-0.3, -0.25) is 0 Å². The van der Waals surface area contributed by atoms with Gasteiger partial charge in [0.2, 0.25) is 0 Å². The number of benzene rings is 2. The van der Waals surface area contributed by atoms with Gasteiger partial charge in [0.1, 0.15) is 0 Å². The minimum atomic E-state index is -4.30. The highest BCUT2D eigenvalue weighted by Gasteiger charge is 2.29. The Morgan fingerprint density at radius 2 is 1.75 bits per heavy atom. The van der Waals surface area contributed by atoms with Crippen molar-refractivity contribution < 1.29 is 13.2 Å². The Kier molecular flexibility index (Phi) is 3.99. The first kappa shape index (κ1) is 14.0. The first-order valence-corrected chi connectivity index (χ1v) is 5.96. The maximum absolute atomic E-state index is 12.4. The highest BCUT2D eigenvalue weighted by Crippen LogP contribution is 2.29. The average Bonchev–Trinajstić information content (AvgIpc) is 2.45. The summed E-state index contributed by atoms with van der Waals surface area (Å²) in [6.07, 6.45) is 1.00. The van der Waals surface area contributed by atoms with E-state index in [2.05, 4.69) is 11.2 Å². The van der Waals surface area contributed by atoms with Gasteiger partial charge in [0.15, 0.2) is 0 Å². The van der Waals surface area contributed by atoms with E-state index in [9.17, 15) is 13.2 Å². The molecule has 0 radical (unpaired) electrons. The SMILES string of the molecule is C#Cc1cccc(NCc2ccc(C(F)(F)F)cc2)c1. The molecule has 0 saturated heterocycles. The standard InChI is InChI=1S/C16H12F3N/c1-2-12-4-3-5-15(10-12)20-11-13-6-8-14(9-7-13)16(17,18)19/h1,3-10,20H,11H2. The van der Waals surface area contributed by atoms with E-state index in [4.69, 9.17) is 6.42 Å². The zero-order valence-electron chi connectivity index (χ0n) is 10.5. The summed E-state index contributed by atoms with van der Waals surface area (Å²) in [5, 5.41) is 3.12. The monoisotopic (exact) mass is 275 g/mol. The van der Waals surface area contributed by atoms with Gasteiger partial charge in [0.05, 0.1) is 5.56 Å². The number of nitrogens with one attached hydrogen (secondary N) is 1. The first-order chi connectivity index (χ1) is 9.49. The Bertz CT molecular complexity index is 621. The van der Waals surface area contributed by atoms with Crippen molar-refractivity contribution in [2.75, 3.05) is 5.32 Å². The highest BCUT2D eigenvalue weighted by molar-refractivity contribution is 5.50. The van der Waals surface area contributed by atoms with Crippen LogP contribution in [0.25, 0.3) is 0 Å². The molecule has 0 aliphatic carbocycles. The molecule has 0 aliphatic heterocycles. The lowest BCUT2D eigenvalue weighted by Crippen LogP contribution is -2.05. The van der Waals surface area contributed by atoms with Crippen LogP contribution in [0.1, 0.15) is 16.7 Å². The molecular formula is C16H12F3N. The highest BCUT2D eigenvalue weighted by atomic mass is 19.4. The van der Waals surface area contributed by atoms with Crippen LogP contribution in [0.5, 0.6) is 0 Å². The summed E-state index contributed by atoms with van der Waals surface area (Å²) in [7, 11) is 0. The second kappa shape index (κ2) is 5.70. The minimum absolute atomic E-state index is 0.437. The number of halogens is 3. The van der Waals surface area contributed by atoms with Crippen LogP contribution in [-0.2, 0) is 12.7 Å². The van der Waals surface area contributed by atoms with Gasteiger partial charge in [-0.25, -0.2) is 0 Å². The third-order valence-corrected chi connectivity index (χ3v) is 2.81. The summed E-state index contributed by atoms with van der Waals surface area (Å²) in [6, 6.07) is 12.4. The molecule has 1 nitrogen and oxygen atoms in total. The molecule has 2 aromatic carbocycles. The van der Waals surface area contributed by atoms with Crippen LogP contribution in [0.4, 0.5) is 18.9 Å².